The highest BCUT2D eigenvalue weighted by Crippen LogP contribution is 2.41. The fourth-order valence-electron chi connectivity index (χ4n) is 3.45. The Morgan fingerprint density at radius 3 is 1.94 bits per heavy atom. The fraction of sp³-hybridized carbons (Fsp3) is 0.684. The second-order valence-electron chi connectivity index (χ2n) is 8.16. The standard InChI is InChI=1S/C15H24N2O2.2C2HF3O2/c1-12-4-5-13(19-12)8-17-9-15(10-17)6-14(18-11-15)7-16(2)3;2*3-2(4,5)1(6)7/h4-5,14H,6-11H2,1-3H3;2*(H,6,7). The molecule has 2 saturated heterocycles. The van der Waals surface area contributed by atoms with Gasteiger partial charge in [0.15, 0.2) is 0 Å². The van der Waals surface area contributed by atoms with E-state index < -0.39 is 24.3 Å². The van der Waals surface area contributed by atoms with Crippen LogP contribution in [0, 0.1) is 12.3 Å². The first-order valence-electron chi connectivity index (χ1n) is 9.58. The summed E-state index contributed by atoms with van der Waals surface area (Å²) in [4.78, 5) is 22.5. The molecule has 2 fully saturated rings. The van der Waals surface area contributed by atoms with Gasteiger partial charge in [-0.25, -0.2) is 9.59 Å². The van der Waals surface area contributed by atoms with Gasteiger partial charge in [-0.2, -0.15) is 26.3 Å². The first-order chi connectivity index (χ1) is 14.9. The van der Waals surface area contributed by atoms with Gasteiger partial charge >= 0.3 is 24.3 Å². The van der Waals surface area contributed by atoms with E-state index in [9.17, 15) is 26.3 Å². The second kappa shape index (κ2) is 11.2. The third-order valence-corrected chi connectivity index (χ3v) is 4.63. The first kappa shape index (κ1) is 28.7. The molecule has 1 spiro atoms. The summed E-state index contributed by atoms with van der Waals surface area (Å²) in [5, 5.41) is 14.2. The molecule has 1 unspecified atom stereocenters. The van der Waals surface area contributed by atoms with Crippen LogP contribution in [0.1, 0.15) is 17.9 Å². The summed E-state index contributed by atoms with van der Waals surface area (Å²) in [5.41, 5.74) is 0.419. The molecule has 1 aromatic heterocycles. The molecule has 190 valence electrons. The Morgan fingerprint density at radius 2 is 1.58 bits per heavy atom. The molecule has 1 aromatic rings. The van der Waals surface area contributed by atoms with E-state index in [0.29, 0.717) is 11.5 Å². The second-order valence-corrected chi connectivity index (χ2v) is 8.16. The molecule has 2 aliphatic heterocycles. The molecule has 0 aliphatic carbocycles. The Hall–Kier alpha value is -2.32. The van der Waals surface area contributed by atoms with Crippen molar-refractivity contribution in [3.63, 3.8) is 0 Å². The van der Waals surface area contributed by atoms with Crippen LogP contribution in [0.25, 0.3) is 0 Å². The third kappa shape index (κ3) is 10.0. The van der Waals surface area contributed by atoms with Crippen LogP contribution in [-0.2, 0) is 20.9 Å². The molecule has 2 aliphatic rings. The Balaban J connectivity index is 0.000000324. The minimum atomic E-state index is -5.08. The average Bonchev–Trinajstić information content (AvgIpc) is 3.20. The van der Waals surface area contributed by atoms with Gasteiger partial charge in [-0.1, -0.05) is 0 Å². The molecule has 2 N–H and O–H groups in total. The number of aliphatic carboxylic acids is 2. The minimum absolute atomic E-state index is 0.419. The number of carboxylic acids is 2. The van der Waals surface area contributed by atoms with Crippen molar-refractivity contribution in [3.8, 4) is 0 Å². The lowest BCUT2D eigenvalue weighted by molar-refractivity contribution is -0.193. The number of ether oxygens (including phenoxy) is 1. The van der Waals surface area contributed by atoms with Gasteiger partial charge in [-0.05, 0) is 39.6 Å². The number of carboxylic acid groups (broad SMARTS) is 2. The summed E-state index contributed by atoms with van der Waals surface area (Å²) < 4.78 is 75.0. The van der Waals surface area contributed by atoms with Crippen LogP contribution in [0.5, 0.6) is 0 Å². The average molecular weight is 492 g/mol. The number of alkyl halides is 6. The number of aryl methyl sites for hydroxylation is 1. The van der Waals surface area contributed by atoms with Crippen molar-refractivity contribution in [3.05, 3.63) is 23.7 Å². The van der Waals surface area contributed by atoms with Gasteiger partial charge in [-0.3, -0.25) is 4.90 Å². The van der Waals surface area contributed by atoms with Gasteiger partial charge in [0.05, 0.1) is 19.3 Å². The van der Waals surface area contributed by atoms with E-state index in [2.05, 4.69) is 30.0 Å². The highest BCUT2D eigenvalue weighted by atomic mass is 19.4. The number of carbonyl (C=O) groups is 2. The number of nitrogens with zero attached hydrogens (tertiary/aromatic N) is 2. The topological polar surface area (TPSA) is 103 Å². The molecule has 14 heteroatoms. The molecule has 0 saturated carbocycles. The van der Waals surface area contributed by atoms with Crippen LogP contribution < -0.4 is 0 Å². The van der Waals surface area contributed by atoms with Crippen molar-refractivity contribution in [2.45, 2.75) is 38.3 Å². The largest absolute Gasteiger partial charge is 0.490 e. The normalized spacial score (nSPS) is 19.9. The molecule has 3 rings (SSSR count). The first-order valence-corrected chi connectivity index (χ1v) is 9.58. The molecule has 8 nitrogen and oxygen atoms in total. The van der Waals surface area contributed by atoms with Crippen molar-refractivity contribution in [1.29, 1.82) is 0 Å². The smallest absolute Gasteiger partial charge is 0.475 e. The van der Waals surface area contributed by atoms with Gasteiger partial charge in [0.1, 0.15) is 11.5 Å². The zero-order valence-electron chi connectivity index (χ0n) is 18.2. The summed E-state index contributed by atoms with van der Waals surface area (Å²) in [6.07, 6.45) is -8.54. The summed E-state index contributed by atoms with van der Waals surface area (Å²) >= 11 is 0. The minimum Gasteiger partial charge on any atom is -0.475 e. The predicted molar refractivity (Wildman–Crippen MR) is 101 cm³/mol. The number of halogens is 6. The highest BCUT2D eigenvalue weighted by molar-refractivity contribution is 5.73. The van der Waals surface area contributed by atoms with Gasteiger partial charge in [-0.15, -0.1) is 0 Å². The lowest BCUT2D eigenvalue weighted by Gasteiger charge is -2.47. The van der Waals surface area contributed by atoms with E-state index in [1.54, 1.807) is 0 Å². The maximum absolute atomic E-state index is 10.6. The number of likely N-dealkylation sites (N-methyl/N-ethyl adjacent to an activating group) is 1. The van der Waals surface area contributed by atoms with Crippen molar-refractivity contribution in [2.24, 2.45) is 5.41 Å². The maximum atomic E-state index is 10.6. The molecule has 33 heavy (non-hydrogen) atoms. The predicted octanol–water partition coefficient (Wildman–Crippen LogP) is 3.01. The SMILES string of the molecule is Cc1ccc(CN2CC3(COC(CN(C)C)C3)C2)o1.O=C(O)C(F)(F)F.O=C(O)C(F)(F)F. The van der Waals surface area contributed by atoms with E-state index in [4.69, 9.17) is 29.0 Å². The Kier molecular flexibility index (Phi) is 9.75. The van der Waals surface area contributed by atoms with E-state index in [0.717, 1.165) is 44.3 Å². The van der Waals surface area contributed by atoms with Gasteiger partial charge < -0.3 is 24.3 Å². The van der Waals surface area contributed by atoms with E-state index in [1.807, 2.05) is 13.0 Å². The Labute approximate surface area is 185 Å². The molecule has 1 atom stereocenters. The van der Waals surface area contributed by atoms with Gasteiger partial charge in [0.25, 0.3) is 0 Å². The number of likely N-dealkylation sites (tertiary alicyclic amines) is 1. The van der Waals surface area contributed by atoms with Crippen molar-refractivity contribution >= 4 is 11.9 Å². The lowest BCUT2D eigenvalue weighted by Crippen LogP contribution is -2.56. The molecular formula is C19H26F6N2O6. The lowest BCUT2D eigenvalue weighted by atomic mass is 9.78. The maximum Gasteiger partial charge on any atom is 0.490 e. The van der Waals surface area contributed by atoms with Gasteiger partial charge in [0.2, 0.25) is 0 Å². The van der Waals surface area contributed by atoms with Crippen molar-refractivity contribution in [1.82, 2.24) is 9.80 Å². The number of hydrogen-bond donors (Lipinski definition) is 2. The third-order valence-electron chi connectivity index (χ3n) is 4.63. The van der Waals surface area contributed by atoms with E-state index in [1.165, 1.54) is 6.42 Å². The summed E-state index contributed by atoms with van der Waals surface area (Å²) in [5.74, 6) is -3.43. The van der Waals surface area contributed by atoms with Crippen LogP contribution in [0.2, 0.25) is 0 Å². The van der Waals surface area contributed by atoms with Crippen LogP contribution >= 0.6 is 0 Å². The summed E-state index contributed by atoms with van der Waals surface area (Å²) in [6, 6.07) is 4.12. The molecule has 0 aromatic carbocycles. The van der Waals surface area contributed by atoms with E-state index in [-0.39, 0.29) is 0 Å². The fourth-order valence-corrected chi connectivity index (χ4v) is 3.45. The van der Waals surface area contributed by atoms with E-state index >= 15 is 0 Å². The summed E-state index contributed by atoms with van der Waals surface area (Å²) in [6.45, 7) is 7.21. The Bertz CT molecular complexity index is 762. The molecular weight excluding hydrogens is 466 g/mol. The molecule has 0 amide bonds. The number of hydrogen-bond acceptors (Lipinski definition) is 6. The Morgan fingerprint density at radius 1 is 1.09 bits per heavy atom. The number of furan rings is 1. The van der Waals surface area contributed by atoms with Gasteiger partial charge in [0, 0.05) is 25.0 Å². The quantitative estimate of drug-likeness (QED) is 0.619. The number of rotatable bonds is 4. The van der Waals surface area contributed by atoms with Crippen LogP contribution in [0.3, 0.4) is 0 Å². The van der Waals surface area contributed by atoms with Crippen LogP contribution in [-0.4, -0.2) is 90.7 Å². The van der Waals surface area contributed by atoms with Crippen molar-refractivity contribution in [2.75, 3.05) is 40.3 Å². The van der Waals surface area contributed by atoms with Crippen LogP contribution in [0.15, 0.2) is 16.5 Å². The van der Waals surface area contributed by atoms with Crippen LogP contribution in [0.4, 0.5) is 26.3 Å². The van der Waals surface area contributed by atoms with Crippen molar-refractivity contribution < 1.29 is 55.3 Å². The molecule has 3 heterocycles. The zero-order valence-corrected chi connectivity index (χ0v) is 18.2. The summed E-state index contributed by atoms with van der Waals surface area (Å²) in [7, 11) is 4.22. The monoisotopic (exact) mass is 492 g/mol. The molecule has 0 radical (unpaired) electrons. The highest BCUT2D eigenvalue weighted by Gasteiger charge is 2.49. The zero-order chi connectivity index (χ0) is 25.6. The molecule has 0 bridgehead atoms.